The second-order valence-corrected chi connectivity index (χ2v) is 2.07. The van der Waals surface area contributed by atoms with Gasteiger partial charge in [0.2, 0.25) is 0 Å². The van der Waals surface area contributed by atoms with E-state index >= 15 is 0 Å². The van der Waals surface area contributed by atoms with Gasteiger partial charge in [-0.1, -0.05) is 0 Å². The molecule has 0 saturated carbocycles. The number of aromatic nitrogens is 2. The summed E-state index contributed by atoms with van der Waals surface area (Å²) in [5.41, 5.74) is -1.23. The summed E-state index contributed by atoms with van der Waals surface area (Å²) < 4.78 is 1.13. The lowest BCUT2D eigenvalue weighted by Crippen LogP contribution is -2.29. The number of aryl methyl sites for hydroxylation is 1. The van der Waals surface area contributed by atoms with E-state index in [-0.39, 0.29) is 5.56 Å². The first-order chi connectivity index (χ1) is 5.15. The molecule has 0 radical (unpaired) electrons. The van der Waals surface area contributed by atoms with Gasteiger partial charge in [-0.15, -0.1) is 0 Å². The van der Waals surface area contributed by atoms with E-state index in [0.717, 1.165) is 4.57 Å². The van der Waals surface area contributed by atoms with Crippen LogP contribution in [0.25, 0.3) is 0 Å². The second kappa shape index (κ2) is 2.53. The lowest BCUT2D eigenvalue weighted by molar-refractivity contribution is 0.112. The second-order valence-electron chi connectivity index (χ2n) is 2.07. The molecule has 0 bridgehead atoms. The average molecular weight is 154 g/mol. The van der Waals surface area contributed by atoms with Crippen molar-refractivity contribution < 1.29 is 4.79 Å². The average Bonchev–Trinajstić information content (AvgIpc) is 1.97. The molecule has 5 nitrogen and oxygen atoms in total. The highest BCUT2D eigenvalue weighted by Gasteiger charge is 1.98. The van der Waals surface area contributed by atoms with Crippen molar-refractivity contribution in [3.05, 3.63) is 32.6 Å². The van der Waals surface area contributed by atoms with Gasteiger partial charge in [0.1, 0.15) is 0 Å². The highest BCUT2D eigenvalue weighted by Crippen LogP contribution is 1.77. The number of hydrogen-bond acceptors (Lipinski definition) is 3. The van der Waals surface area contributed by atoms with Gasteiger partial charge in [-0.3, -0.25) is 14.6 Å². The van der Waals surface area contributed by atoms with Gasteiger partial charge in [-0.25, -0.2) is 4.79 Å². The molecule has 0 fully saturated rings. The van der Waals surface area contributed by atoms with Crippen molar-refractivity contribution in [2.24, 2.45) is 7.05 Å². The van der Waals surface area contributed by atoms with Gasteiger partial charge in [0.15, 0.2) is 6.29 Å². The third-order valence-corrected chi connectivity index (χ3v) is 1.26. The summed E-state index contributed by atoms with van der Waals surface area (Å²) in [4.78, 5) is 33.6. The highest BCUT2D eigenvalue weighted by atomic mass is 16.2. The van der Waals surface area contributed by atoms with E-state index in [1.165, 1.54) is 13.2 Å². The zero-order chi connectivity index (χ0) is 8.43. The predicted molar refractivity (Wildman–Crippen MR) is 37.7 cm³/mol. The summed E-state index contributed by atoms with van der Waals surface area (Å²) >= 11 is 0. The van der Waals surface area contributed by atoms with E-state index in [1.807, 2.05) is 4.98 Å². The van der Waals surface area contributed by atoms with Crippen LogP contribution < -0.4 is 11.2 Å². The Morgan fingerprint density at radius 1 is 1.55 bits per heavy atom. The molecule has 11 heavy (non-hydrogen) atoms. The van der Waals surface area contributed by atoms with E-state index in [4.69, 9.17) is 0 Å². The van der Waals surface area contributed by atoms with Gasteiger partial charge < -0.3 is 4.57 Å². The molecule has 1 N–H and O–H groups in total. The molecule has 0 unspecified atom stereocenters. The quantitative estimate of drug-likeness (QED) is 0.521. The van der Waals surface area contributed by atoms with Gasteiger partial charge in [-0.05, 0) is 0 Å². The number of aromatic amines is 1. The van der Waals surface area contributed by atoms with Gasteiger partial charge in [0.25, 0.3) is 5.56 Å². The Bertz CT molecular complexity index is 388. The molecule has 1 aromatic rings. The molecule has 0 aliphatic carbocycles. The molecule has 0 aliphatic rings. The number of nitrogens with one attached hydrogen (secondary N) is 1. The molecule has 1 rings (SSSR count). The van der Waals surface area contributed by atoms with Crippen molar-refractivity contribution in [2.75, 3.05) is 0 Å². The van der Waals surface area contributed by atoms with E-state index in [9.17, 15) is 14.4 Å². The number of carbonyl (C=O) groups is 1. The van der Waals surface area contributed by atoms with E-state index in [2.05, 4.69) is 0 Å². The van der Waals surface area contributed by atoms with Crippen molar-refractivity contribution >= 4 is 6.29 Å². The molecule has 5 heteroatoms. The largest absolute Gasteiger partial charge is 0.328 e. The van der Waals surface area contributed by atoms with Crippen molar-refractivity contribution in [1.29, 1.82) is 0 Å². The fraction of sp³-hybridized carbons (Fsp3) is 0.167. The summed E-state index contributed by atoms with van der Waals surface area (Å²) in [5.74, 6) is 0. The standard InChI is InChI=1S/C6H6N2O3/c1-8-2-4(3-9)5(10)7-6(8)11/h2-3H,1H3,(H,7,10,11). The summed E-state index contributed by atoms with van der Waals surface area (Å²) in [5, 5.41) is 0. The van der Waals surface area contributed by atoms with Crippen molar-refractivity contribution in [1.82, 2.24) is 9.55 Å². The van der Waals surface area contributed by atoms with Crippen LogP contribution in [-0.2, 0) is 7.05 Å². The van der Waals surface area contributed by atoms with Crippen LogP contribution in [0.15, 0.2) is 15.8 Å². The minimum atomic E-state index is -0.650. The first-order valence-electron chi connectivity index (χ1n) is 2.90. The zero-order valence-corrected chi connectivity index (χ0v) is 5.83. The molecule has 0 saturated heterocycles. The maximum atomic E-state index is 10.7. The lowest BCUT2D eigenvalue weighted by Gasteiger charge is -1.94. The highest BCUT2D eigenvalue weighted by molar-refractivity contribution is 5.73. The van der Waals surface area contributed by atoms with E-state index in [1.54, 1.807) is 0 Å². The minimum Gasteiger partial charge on any atom is -0.303 e. The summed E-state index contributed by atoms with van der Waals surface area (Å²) in [6, 6.07) is 0. The third kappa shape index (κ3) is 1.26. The normalized spacial score (nSPS) is 9.55. The Morgan fingerprint density at radius 3 is 2.73 bits per heavy atom. The maximum Gasteiger partial charge on any atom is 0.328 e. The van der Waals surface area contributed by atoms with Crippen molar-refractivity contribution in [3.8, 4) is 0 Å². The third-order valence-electron chi connectivity index (χ3n) is 1.26. The molecule has 58 valence electrons. The number of rotatable bonds is 1. The molecule has 1 heterocycles. The van der Waals surface area contributed by atoms with E-state index in [0.29, 0.717) is 6.29 Å². The van der Waals surface area contributed by atoms with Crippen LogP contribution in [0.4, 0.5) is 0 Å². The number of H-pyrrole nitrogens is 1. The van der Waals surface area contributed by atoms with Crippen LogP contribution in [0.1, 0.15) is 10.4 Å². The van der Waals surface area contributed by atoms with Gasteiger partial charge in [-0.2, -0.15) is 0 Å². The Hall–Kier alpha value is -1.65. The lowest BCUT2D eigenvalue weighted by atomic mass is 10.4. The molecule has 1 aromatic heterocycles. The van der Waals surface area contributed by atoms with Gasteiger partial charge in [0.05, 0.1) is 5.56 Å². The van der Waals surface area contributed by atoms with Crippen LogP contribution in [-0.4, -0.2) is 15.8 Å². The molecule has 0 aliphatic heterocycles. The first-order valence-corrected chi connectivity index (χ1v) is 2.90. The van der Waals surface area contributed by atoms with Crippen molar-refractivity contribution in [3.63, 3.8) is 0 Å². The Balaban J connectivity index is 3.57. The fourth-order valence-corrected chi connectivity index (χ4v) is 0.667. The molecular weight excluding hydrogens is 148 g/mol. The van der Waals surface area contributed by atoms with Crippen LogP contribution in [0, 0.1) is 0 Å². The summed E-state index contributed by atoms with van der Waals surface area (Å²) in [6.45, 7) is 0. The van der Waals surface area contributed by atoms with Crippen molar-refractivity contribution in [2.45, 2.75) is 0 Å². The SMILES string of the molecule is Cn1cc(C=O)c(=O)[nH]c1=O. The zero-order valence-electron chi connectivity index (χ0n) is 5.83. The van der Waals surface area contributed by atoms with Gasteiger partial charge in [0, 0.05) is 13.2 Å². The van der Waals surface area contributed by atoms with Crippen LogP contribution in [0.2, 0.25) is 0 Å². The maximum absolute atomic E-state index is 10.7. The smallest absolute Gasteiger partial charge is 0.303 e. The monoisotopic (exact) mass is 154 g/mol. The molecule has 0 aromatic carbocycles. The topological polar surface area (TPSA) is 71.9 Å². The molecule has 0 amide bonds. The Labute approximate surface area is 61.3 Å². The van der Waals surface area contributed by atoms with Crippen LogP contribution in [0.3, 0.4) is 0 Å². The summed E-state index contributed by atoms with van der Waals surface area (Å²) in [6.07, 6.45) is 1.59. The first kappa shape index (κ1) is 7.46. The van der Waals surface area contributed by atoms with Crippen LogP contribution >= 0.6 is 0 Å². The minimum absolute atomic E-state index is 0.0490. The van der Waals surface area contributed by atoms with E-state index < -0.39 is 11.2 Å². The van der Waals surface area contributed by atoms with Gasteiger partial charge >= 0.3 is 5.69 Å². The fourth-order valence-electron chi connectivity index (χ4n) is 0.667. The molecule has 0 spiro atoms. The number of carbonyl (C=O) groups excluding carboxylic acids is 1. The Morgan fingerprint density at radius 2 is 2.18 bits per heavy atom. The number of aldehydes is 1. The Kier molecular flexibility index (Phi) is 1.72. The summed E-state index contributed by atoms with van der Waals surface area (Å²) in [7, 11) is 1.45. The predicted octanol–water partition coefficient (Wildman–Crippen LogP) is -1.11. The molecule has 0 atom stereocenters. The van der Waals surface area contributed by atoms with Crippen LogP contribution in [0.5, 0.6) is 0 Å². The number of nitrogens with zero attached hydrogens (tertiary/aromatic N) is 1. The number of hydrogen-bond donors (Lipinski definition) is 1. The molecular formula is C6H6N2O3.